The number of rotatable bonds is 6. The number of aromatic nitrogens is 1. The van der Waals surface area contributed by atoms with Gasteiger partial charge in [0.2, 0.25) is 0 Å². The zero-order valence-corrected chi connectivity index (χ0v) is 13.9. The van der Waals surface area contributed by atoms with Crippen LogP contribution in [0.25, 0.3) is 0 Å². The van der Waals surface area contributed by atoms with Gasteiger partial charge in [0, 0.05) is 23.4 Å². The second-order valence-electron chi connectivity index (χ2n) is 4.66. The normalized spacial score (nSPS) is 10.7. The molecule has 23 heavy (non-hydrogen) atoms. The second kappa shape index (κ2) is 8.71. The van der Waals surface area contributed by atoms with Gasteiger partial charge in [-0.05, 0) is 24.1 Å². The van der Waals surface area contributed by atoms with Crippen molar-refractivity contribution in [3.8, 4) is 6.07 Å². The van der Waals surface area contributed by atoms with E-state index in [0.29, 0.717) is 18.8 Å². The van der Waals surface area contributed by atoms with Crippen molar-refractivity contribution in [1.82, 2.24) is 10.3 Å². The van der Waals surface area contributed by atoms with Crippen molar-refractivity contribution in [2.75, 3.05) is 11.9 Å². The standard InChI is InChI=1S/C17H15BrN4O/c18-15-7-9-20-16(10-15)22-12-14(11-19)17(23)21-8-6-13-4-2-1-3-5-13/h1-5,7,9-10,12H,6,8H2,(H,20,22)(H,21,23)/b14-12-. The van der Waals surface area contributed by atoms with Gasteiger partial charge in [0.15, 0.2) is 0 Å². The molecule has 1 aromatic heterocycles. The van der Waals surface area contributed by atoms with Gasteiger partial charge in [0.1, 0.15) is 17.5 Å². The van der Waals surface area contributed by atoms with Gasteiger partial charge >= 0.3 is 0 Å². The van der Waals surface area contributed by atoms with E-state index in [1.54, 1.807) is 18.3 Å². The SMILES string of the molecule is N#C/C(=C/Nc1cc(Br)ccn1)C(=O)NCCc1ccccc1. The van der Waals surface area contributed by atoms with E-state index in [1.165, 1.54) is 6.20 Å². The molecule has 0 aliphatic heterocycles. The summed E-state index contributed by atoms with van der Waals surface area (Å²) in [7, 11) is 0. The number of carbonyl (C=O) groups excluding carboxylic acids is 1. The first-order chi connectivity index (χ1) is 11.2. The summed E-state index contributed by atoms with van der Waals surface area (Å²) < 4.78 is 0.856. The van der Waals surface area contributed by atoms with Crippen LogP contribution < -0.4 is 10.6 Å². The van der Waals surface area contributed by atoms with E-state index < -0.39 is 5.91 Å². The highest BCUT2D eigenvalue weighted by Gasteiger charge is 2.08. The Morgan fingerprint density at radius 3 is 2.78 bits per heavy atom. The summed E-state index contributed by atoms with van der Waals surface area (Å²) in [6.07, 6.45) is 3.69. The Balaban J connectivity index is 1.88. The first-order valence-electron chi connectivity index (χ1n) is 6.99. The zero-order chi connectivity index (χ0) is 16.5. The number of amides is 1. The fourth-order valence-corrected chi connectivity index (χ4v) is 2.17. The summed E-state index contributed by atoms with van der Waals surface area (Å²) in [5, 5.41) is 14.7. The van der Waals surface area contributed by atoms with Crippen LogP contribution in [0.1, 0.15) is 5.56 Å². The van der Waals surface area contributed by atoms with Crippen LogP contribution in [-0.4, -0.2) is 17.4 Å². The van der Waals surface area contributed by atoms with Gasteiger partial charge in [-0.15, -0.1) is 0 Å². The number of nitrogens with one attached hydrogen (secondary N) is 2. The number of nitrogens with zero attached hydrogens (tertiary/aromatic N) is 2. The molecule has 0 unspecified atom stereocenters. The Morgan fingerprint density at radius 1 is 1.30 bits per heavy atom. The van der Waals surface area contributed by atoms with Crippen LogP contribution in [0.4, 0.5) is 5.82 Å². The number of nitriles is 1. The van der Waals surface area contributed by atoms with Crippen LogP contribution in [0.5, 0.6) is 0 Å². The van der Waals surface area contributed by atoms with E-state index in [-0.39, 0.29) is 5.57 Å². The third-order valence-corrected chi connectivity index (χ3v) is 3.49. The maximum Gasteiger partial charge on any atom is 0.263 e. The van der Waals surface area contributed by atoms with Crippen LogP contribution in [0.3, 0.4) is 0 Å². The lowest BCUT2D eigenvalue weighted by molar-refractivity contribution is -0.117. The Bertz CT molecular complexity index is 738. The molecular weight excluding hydrogens is 356 g/mol. The van der Waals surface area contributed by atoms with Crippen molar-refractivity contribution in [1.29, 1.82) is 5.26 Å². The van der Waals surface area contributed by atoms with Crippen molar-refractivity contribution < 1.29 is 4.79 Å². The van der Waals surface area contributed by atoms with Gasteiger partial charge in [-0.25, -0.2) is 4.98 Å². The molecule has 0 spiro atoms. The monoisotopic (exact) mass is 370 g/mol. The summed E-state index contributed by atoms with van der Waals surface area (Å²) in [6.45, 7) is 0.469. The molecule has 0 aliphatic carbocycles. The van der Waals surface area contributed by atoms with E-state index >= 15 is 0 Å². The summed E-state index contributed by atoms with van der Waals surface area (Å²) in [5.74, 6) is 0.134. The lowest BCUT2D eigenvalue weighted by Gasteiger charge is -2.05. The van der Waals surface area contributed by atoms with E-state index in [1.807, 2.05) is 36.4 Å². The molecule has 6 heteroatoms. The molecule has 0 aliphatic rings. The average molecular weight is 371 g/mol. The van der Waals surface area contributed by atoms with Gasteiger partial charge in [-0.3, -0.25) is 4.79 Å². The molecule has 0 atom stereocenters. The number of anilines is 1. The molecule has 1 amide bonds. The molecule has 0 saturated heterocycles. The number of halogens is 1. The lowest BCUT2D eigenvalue weighted by Crippen LogP contribution is -2.27. The van der Waals surface area contributed by atoms with Gasteiger partial charge in [-0.1, -0.05) is 46.3 Å². The Morgan fingerprint density at radius 2 is 2.09 bits per heavy atom. The maximum absolute atomic E-state index is 12.0. The molecule has 1 aromatic carbocycles. The third-order valence-electron chi connectivity index (χ3n) is 2.99. The van der Waals surface area contributed by atoms with Crippen molar-refractivity contribution >= 4 is 27.7 Å². The predicted molar refractivity (Wildman–Crippen MR) is 92.4 cm³/mol. The van der Waals surface area contributed by atoms with Crippen molar-refractivity contribution in [3.05, 3.63) is 70.5 Å². The van der Waals surface area contributed by atoms with Crippen LogP contribution in [0, 0.1) is 11.3 Å². The topological polar surface area (TPSA) is 77.8 Å². The molecule has 0 fully saturated rings. The summed E-state index contributed by atoms with van der Waals surface area (Å²) in [5.41, 5.74) is 1.13. The molecule has 2 aromatic rings. The highest BCUT2D eigenvalue weighted by atomic mass is 79.9. The number of pyridine rings is 1. The molecule has 2 N–H and O–H groups in total. The maximum atomic E-state index is 12.0. The van der Waals surface area contributed by atoms with Crippen molar-refractivity contribution in [2.24, 2.45) is 0 Å². The zero-order valence-electron chi connectivity index (χ0n) is 12.3. The van der Waals surface area contributed by atoms with Gasteiger partial charge < -0.3 is 10.6 Å². The van der Waals surface area contributed by atoms with Crippen molar-refractivity contribution in [2.45, 2.75) is 6.42 Å². The Kier molecular flexibility index (Phi) is 6.33. The van der Waals surface area contributed by atoms with Crippen LogP contribution in [0.2, 0.25) is 0 Å². The lowest BCUT2D eigenvalue weighted by atomic mass is 10.1. The van der Waals surface area contributed by atoms with Gasteiger partial charge in [-0.2, -0.15) is 5.26 Å². The number of benzene rings is 1. The quantitative estimate of drug-likeness (QED) is 0.605. The van der Waals surface area contributed by atoms with Crippen LogP contribution in [-0.2, 0) is 11.2 Å². The largest absolute Gasteiger partial charge is 0.351 e. The molecule has 5 nitrogen and oxygen atoms in total. The minimum absolute atomic E-state index is 0.000151. The molecule has 1 heterocycles. The van der Waals surface area contributed by atoms with Crippen LogP contribution in [0.15, 0.2) is 64.9 Å². The van der Waals surface area contributed by atoms with E-state index in [9.17, 15) is 4.79 Å². The van der Waals surface area contributed by atoms with Crippen LogP contribution >= 0.6 is 15.9 Å². The molecule has 116 valence electrons. The highest BCUT2D eigenvalue weighted by molar-refractivity contribution is 9.10. The highest BCUT2D eigenvalue weighted by Crippen LogP contribution is 2.12. The van der Waals surface area contributed by atoms with E-state index in [4.69, 9.17) is 5.26 Å². The second-order valence-corrected chi connectivity index (χ2v) is 5.58. The Labute approximate surface area is 143 Å². The predicted octanol–water partition coefficient (Wildman–Crippen LogP) is 3.02. The minimum Gasteiger partial charge on any atom is -0.351 e. The smallest absolute Gasteiger partial charge is 0.263 e. The van der Waals surface area contributed by atoms with Crippen molar-refractivity contribution in [3.63, 3.8) is 0 Å². The average Bonchev–Trinajstić information content (AvgIpc) is 2.56. The molecule has 0 bridgehead atoms. The fourth-order valence-electron chi connectivity index (χ4n) is 1.84. The summed E-state index contributed by atoms with van der Waals surface area (Å²) >= 11 is 3.33. The molecule has 0 radical (unpaired) electrons. The molecule has 0 saturated carbocycles. The van der Waals surface area contributed by atoms with E-state index in [2.05, 4.69) is 31.5 Å². The third kappa shape index (κ3) is 5.57. The summed E-state index contributed by atoms with van der Waals surface area (Å²) in [6, 6.07) is 15.3. The first kappa shape index (κ1) is 16.7. The molecular formula is C17H15BrN4O. The first-order valence-corrected chi connectivity index (χ1v) is 7.79. The van der Waals surface area contributed by atoms with Gasteiger partial charge in [0.05, 0.1) is 0 Å². The number of hydrogen-bond acceptors (Lipinski definition) is 4. The van der Waals surface area contributed by atoms with E-state index in [0.717, 1.165) is 10.0 Å². The fraction of sp³-hybridized carbons (Fsp3) is 0.118. The Hall–Kier alpha value is -2.65. The van der Waals surface area contributed by atoms with Gasteiger partial charge in [0.25, 0.3) is 5.91 Å². The number of carbonyl (C=O) groups is 1. The minimum atomic E-state index is -0.411. The summed E-state index contributed by atoms with van der Waals surface area (Å²) in [4.78, 5) is 16.1. The number of hydrogen-bond donors (Lipinski definition) is 2. The molecule has 2 rings (SSSR count).